The number of fused-ring (bicyclic) bond motifs is 5. The van der Waals surface area contributed by atoms with Crippen molar-refractivity contribution in [3.05, 3.63) is 46.6 Å². The van der Waals surface area contributed by atoms with Crippen LogP contribution >= 0.6 is 11.3 Å². The summed E-state index contributed by atoms with van der Waals surface area (Å²) in [6.45, 7) is 7.54. The second-order valence-electron chi connectivity index (χ2n) is 11.3. The van der Waals surface area contributed by atoms with E-state index in [0.29, 0.717) is 33.8 Å². The quantitative estimate of drug-likeness (QED) is 0.606. The topological polar surface area (TPSA) is 106 Å². The normalized spacial score (nSPS) is 28.1. The number of thiophene rings is 1. The first-order valence-electron chi connectivity index (χ1n) is 12.5. The van der Waals surface area contributed by atoms with Crippen LogP contribution in [0.2, 0.25) is 0 Å². The van der Waals surface area contributed by atoms with Crippen LogP contribution in [0.4, 0.5) is 9.18 Å². The molecular weight excluding hydrogens is 491 g/mol. The summed E-state index contributed by atoms with van der Waals surface area (Å²) in [5.41, 5.74) is 0.265. The monoisotopic (exact) mass is 520 g/mol. The lowest BCUT2D eigenvalue weighted by Crippen LogP contribution is -2.56. The van der Waals surface area contributed by atoms with Crippen molar-refractivity contribution in [1.29, 1.82) is 10.5 Å². The van der Waals surface area contributed by atoms with Crippen LogP contribution in [-0.2, 0) is 16.0 Å². The molecule has 0 spiro atoms. The molecule has 2 aromatic rings. The molecule has 2 saturated carbocycles. The SMILES string of the molecule is C[C@H]1[C@H]2[C@H]3C[C@@H]([C@@H]12)N(C(=O)OC(C)(C)C)[C@@H]3C(=O)N[C@H](C#N)Cc1ccc(-c2ccc(C#N)s2)cc1F. The number of carbonyl (C=O) groups is 2. The summed E-state index contributed by atoms with van der Waals surface area (Å²) in [7, 11) is 0. The van der Waals surface area contributed by atoms with Gasteiger partial charge in [0.1, 0.15) is 34.4 Å². The third-order valence-electron chi connectivity index (χ3n) is 7.86. The zero-order valence-corrected chi connectivity index (χ0v) is 22.0. The number of halogens is 1. The molecule has 2 bridgehead atoms. The number of amides is 2. The van der Waals surface area contributed by atoms with Gasteiger partial charge in [-0.2, -0.15) is 10.5 Å². The molecule has 1 aromatic heterocycles. The molecule has 3 aliphatic rings. The number of piperidine rings is 1. The number of nitrogens with one attached hydrogen (secondary N) is 1. The Morgan fingerprint density at radius 2 is 2.00 bits per heavy atom. The Balaban J connectivity index is 1.30. The number of carbonyl (C=O) groups excluding carboxylic acids is 2. The van der Waals surface area contributed by atoms with Crippen LogP contribution in [0.1, 0.15) is 44.6 Å². The van der Waals surface area contributed by atoms with Crippen molar-refractivity contribution < 1.29 is 18.7 Å². The number of nitrogens with zero attached hydrogens (tertiary/aromatic N) is 3. The van der Waals surface area contributed by atoms with Crippen LogP contribution in [0.3, 0.4) is 0 Å². The van der Waals surface area contributed by atoms with Gasteiger partial charge in [-0.15, -0.1) is 11.3 Å². The van der Waals surface area contributed by atoms with Crippen LogP contribution in [0.5, 0.6) is 0 Å². The van der Waals surface area contributed by atoms with E-state index in [-0.39, 0.29) is 24.3 Å². The van der Waals surface area contributed by atoms with Gasteiger partial charge in [-0.3, -0.25) is 9.69 Å². The summed E-state index contributed by atoms with van der Waals surface area (Å²) in [6, 6.07) is 10.7. The molecule has 1 N–H and O–H groups in total. The number of hydrogen-bond donors (Lipinski definition) is 1. The standard InChI is InChI=1S/C28H29FN4O3S/c1-14-23-19-11-21(24(14)23)33(27(35)36-28(2,3)4)25(19)26(34)32-17(12-30)9-15-5-6-16(10-20(15)29)22-8-7-18(13-31)37-22/h5-8,10,14,17,19,21,23-25H,9,11H2,1-4H3,(H,32,34)/t14-,17-,19+,21-,23-,24+,25-/m0/s1. The number of benzene rings is 1. The highest BCUT2D eigenvalue weighted by atomic mass is 32.1. The molecule has 1 aromatic carbocycles. The minimum atomic E-state index is -0.952. The van der Waals surface area contributed by atoms with Crippen LogP contribution in [0.15, 0.2) is 30.3 Å². The Hall–Kier alpha value is -3.43. The molecule has 9 heteroatoms. The third kappa shape index (κ3) is 4.57. The molecule has 7 atom stereocenters. The van der Waals surface area contributed by atoms with Gasteiger partial charge in [0.25, 0.3) is 0 Å². The van der Waals surface area contributed by atoms with Gasteiger partial charge < -0.3 is 10.1 Å². The molecular formula is C28H29FN4O3S. The Labute approximate surface area is 219 Å². The zero-order chi connectivity index (χ0) is 26.6. The van der Waals surface area contributed by atoms with Crippen LogP contribution in [-0.4, -0.2) is 40.6 Å². The average Bonchev–Trinajstić information content (AvgIpc) is 3.24. The third-order valence-corrected chi connectivity index (χ3v) is 8.89. The van der Waals surface area contributed by atoms with E-state index < -0.39 is 29.6 Å². The molecule has 1 saturated heterocycles. The Morgan fingerprint density at radius 1 is 1.24 bits per heavy atom. The predicted octanol–water partition coefficient (Wildman–Crippen LogP) is 4.87. The second-order valence-corrected chi connectivity index (χ2v) is 12.4. The smallest absolute Gasteiger partial charge is 0.411 e. The second kappa shape index (κ2) is 9.15. The van der Waals surface area contributed by atoms with Gasteiger partial charge in [0.05, 0.1) is 6.07 Å². The van der Waals surface area contributed by atoms with E-state index in [2.05, 4.69) is 24.4 Å². The number of ether oxygens (including phenoxy) is 1. The van der Waals surface area contributed by atoms with Gasteiger partial charge in [-0.05, 0) is 80.2 Å². The number of likely N-dealkylation sites (tertiary alicyclic amines) is 1. The van der Waals surface area contributed by atoms with Gasteiger partial charge in [0, 0.05) is 17.3 Å². The lowest BCUT2D eigenvalue weighted by atomic mass is 9.94. The molecule has 192 valence electrons. The van der Waals surface area contributed by atoms with Gasteiger partial charge in [-0.25, -0.2) is 9.18 Å². The molecule has 1 aliphatic heterocycles. The van der Waals surface area contributed by atoms with E-state index in [1.807, 2.05) is 0 Å². The first kappa shape index (κ1) is 25.2. The molecule has 37 heavy (non-hydrogen) atoms. The highest BCUT2D eigenvalue weighted by Crippen LogP contribution is 2.67. The highest BCUT2D eigenvalue weighted by Gasteiger charge is 2.71. The van der Waals surface area contributed by atoms with E-state index in [1.54, 1.807) is 49.9 Å². The van der Waals surface area contributed by atoms with Crippen LogP contribution < -0.4 is 5.32 Å². The maximum absolute atomic E-state index is 15.0. The van der Waals surface area contributed by atoms with Gasteiger partial charge in [0.15, 0.2) is 0 Å². The van der Waals surface area contributed by atoms with Crippen molar-refractivity contribution in [3.63, 3.8) is 0 Å². The van der Waals surface area contributed by atoms with E-state index in [9.17, 15) is 19.2 Å². The van der Waals surface area contributed by atoms with E-state index in [1.165, 1.54) is 17.4 Å². The van der Waals surface area contributed by atoms with Gasteiger partial charge >= 0.3 is 6.09 Å². The molecule has 3 fully saturated rings. The minimum Gasteiger partial charge on any atom is -0.444 e. The minimum absolute atomic E-state index is 0.00204. The fourth-order valence-corrected chi connectivity index (χ4v) is 7.16. The lowest BCUT2D eigenvalue weighted by Gasteiger charge is -2.35. The lowest BCUT2D eigenvalue weighted by molar-refractivity contribution is -0.128. The molecule has 0 radical (unpaired) electrons. The molecule has 2 amide bonds. The fraction of sp³-hybridized carbons (Fsp3) is 0.500. The van der Waals surface area contributed by atoms with Crippen molar-refractivity contribution in [1.82, 2.24) is 10.2 Å². The number of rotatable bonds is 5. The maximum atomic E-state index is 15.0. The Morgan fingerprint density at radius 3 is 2.62 bits per heavy atom. The molecule has 7 nitrogen and oxygen atoms in total. The largest absolute Gasteiger partial charge is 0.444 e. The van der Waals surface area contributed by atoms with Gasteiger partial charge in [0.2, 0.25) is 5.91 Å². The highest BCUT2D eigenvalue weighted by molar-refractivity contribution is 7.16. The summed E-state index contributed by atoms with van der Waals surface area (Å²) >= 11 is 1.28. The van der Waals surface area contributed by atoms with Crippen molar-refractivity contribution in [2.45, 2.75) is 64.3 Å². The summed E-state index contributed by atoms with van der Waals surface area (Å²) in [6.07, 6.45) is 0.263. The maximum Gasteiger partial charge on any atom is 0.411 e. The first-order valence-corrected chi connectivity index (χ1v) is 13.3. The van der Waals surface area contributed by atoms with Crippen molar-refractivity contribution in [2.75, 3.05) is 0 Å². The van der Waals surface area contributed by atoms with Crippen LogP contribution in [0.25, 0.3) is 10.4 Å². The predicted molar refractivity (Wildman–Crippen MR) is 136 cm³/mol. The summed E-state index contributed by atoms with van der Waals surface area (Å²) in [5, 5.41) is 21.6. The van der Waals surface area contributed by atoms with Crippen molar-refractivity contribution in [3.8, 4) is 22.6 Å². The fourth-order valence-electron chi connectivity index (χ4n) is 6.36. The molecule has 2 aliphatic carbocycles. The van der Waals surface area contributed by atoms with E-state index in [4.69, 9.17) is 10.00 Å². The average molecular weight is 521 g/mol. The number of nitriles is 2. The number of hydrogen-bond acceptors (Lipinski definition) is 6. The summed E-state index contributed by atoms with van der Waals surface area (Å²) < 4.78 is 20.6. The molecule has 0 unspecified atom stereocenters. The first-order chi connectivity index (χ1) is 17.5. The Kier molecular flexibility index (Phi) is 6.24. The molecule has 5 rings (SSSR count). The van der Waals surface area contributed by atoms with Crippen LogP contribution in [0, 0.1) is 52.2 Å². The zero-order valence-electron chi connectivity index (χ0n) is 21.2. The van der Waals surface area contributed by atoms with E-state index >= 15 is 0 Å². The summed E-state index contributed by atoms with van der Waals surface area (Å²) in [5.74, 6) is 0.429. The van der Waals surface area contributed by atoms with Crippen molar-refractivity contribution in [2.24, 2.45) is 23.7 Å². The Bertz CT molecular complexity index is 1340. The summed E-state index contributed by atoms with van der Waals surface area (Å²) in [4.78, 5) is 29.5. The molecule has 2 heterocycles. The van der Waals surface area contributed by atoms with Crippen molar-refractivity contribution >= 4 is 23.3 Å². The van der Waals surface area contributed by atoms with Gasteiger partial charge in [-0.1, -0.05) is 19.1 Å². The van der Waals surface area contributed by atoms with E-state index in [0.717, 1.165) is 11.3 Å².